The minimum atomic E-state index is -1.46. The summed E-state index contributed by atoms with van der Waals surface area (Å²) in [5.74, 6) is -4.23. The second-order valence-electron chi connectivity index (χ2n) is 2.84. The quantitative estimate of drug-likeness (QED) is 0.467. The van der Waals surface area contributed by atoms with Gasteiger partial charge in [-0.1, -0.05) is 19.2 Å². The number of rotatable bonds is 6. The van der Waals surface area contributed by atoms with Crippen LogP contribution in [0.2, 0.25) is 0 Å². The molecule has 0 aliphatic heterocycles. The van der Waals surface area contributed by atoms with Crippen molar-refractivity contribution in [3.63, 3.8) is 0 Å². The highest BCUT2D eigenvalue weighted by Crippen LogP contribution is 2.08. The van der Waals surface area contributed by atoms with Crippen LogP contribution in [0.5, 0.6) is 0 Å². The van der Waals surface area contributed by atoms with Crippen molar-refractivity contribution in [1.82, 2.24) is 0 Å². The second-order valence-corrected chi connectivity index (χ2v) is 2.84. The normalized spacial score (nSPS) is 11.8. The minimum absolute atomic E-state index is 0.364. The minimum Gasteiger partial charge on any atom is -0.478 e. The Labute approximate surface area is 96.5 Å². The van der Waals surface area contributed by atoms with Crippen LogP contribution in [0.4, 0.5) is 0 Å². The van der Waals surface area contributed by atoms with Crippen LogP contribution < -0.4 is 0 Å². The summed E-state index contributed by atoms with van der Waals surface area (Å²) in [6.45, 7) is 6.31. The van der Waals surface area contributed by atoms with E-state index in [4.69, 9.17) is 15.3 Å². The van der Waals surface area contributed by atoms with E-state index in [1.165, 1.54) is 0 Å². The molecule has 0 aliphatic rings. The first kappa shape index (κ1) is 14.4. The maximum atomic E-state index is 10.8. The van der Waals surface area contributed by atoms with E-state index in [-0.39, 0.29) is 5.57 Å². The van der Waals surface area contributed by atoms with E-state index < -0.39 is 29.1 Å². The molecule has 3 N–H and O–H groups in total. The second kappa shape index (κ2) is 6.06. The topological polar surface area (TPSA) is 112 Å². The third kappa shape index (κ3) is 4.61. The molecule has 0 unspecified atom stereocenters. The van der Waals surface area contributed by atoms with Crippen molar-refractivity contribution in [1.29, 1.82) is 0 Å². The molecule has 0 amide bonds. The van der Waals surface area contributed by atoms with Gasteiger partial charge in [0, 0.05) is 0 Å². The number of carboxylic acids is 3. The van der Waals surface area contributed by atoms with Crippen LogP contribution in [-0.2, 0) is 14.4 Å². The fourth-order valence-electron chi connectivity index (χ4n) is 0.790. The van der Waals surface area contributed by atoms with Gasteiger partial charge < -0.3 is 15.3 Å². The summed E-state index contributed by atoms with van der Waals surface area (Å²) in [7, 11) is 0. The molecule has 0 bridgehead atoms. The zero-order valence-corrected chi connectivity index (χ0v) is 8.71. The van der Waals surface area contributed by atoms with Crippen LogP contribution >= 0.6 is 0 Å². The monoisotopic (exact) mass is 238 g/mol. The summed E-state index contributed by atoms with van der Waals surface area (Å²) in [6, 6.07) is 0. The van der Waals surface area contributed by atoms with Gasteiger partial charge in [0.1, 0.15) is 0 Å². The summed E-state index contributed by atoms with van der Waals surface area (Å²) in [6.07, 6.45) is 2.51. The number of hydrogen-bond acceptors (Lipinski definition) is 3. The van der Waals surface area contributed by atoms with Gasteiger partial charge in [-0.15, -0.1) is 0 Å². The van der Waals surface area contributed by atoms with E-state index in [1.54, 1.807) is 0 Å². The van der Waals surface area contributed by atoms with Crippen molar-refractivity contribution in [3.8, 4) is 0 Å². The Balaban J connectivity index is 5.48. The van der Waals surface area contributed by atoms with Gasteiger partial charge in [-0.25, -0.2) is 14.4 Å². The predicted molar refractivity (Wildman–Crippen MR) is 58.4 cm³/mol. The lowest BCUT2D eigenvalue weighted by Gasteiger charge is -1.98. The Morgan fingerprint density at radius 2 is 1.29 bits per heavy atom. The van der Waals surface area contributed by atoms with Gasteiger partial charge in [-0.2, -0.15) is 0 Å². The van der Waals surface area contributed by atoms with Crippen molar-refractivity contribution in [2.75, 3.05) is 0 Å². The molecule has 0 saturated carbocycles. The molecular weight excluding hydrogens is 228 g/mol. The number of aliphatic carboxylic acids is 3. The molecule has 0 aromatic carbocycles. The zero-order valence-electron chi connectivity index (χ0n) is 8.71. The summed E-state index contributed by atoms with van der Waals surface area (Å²) in [4.78, 5) is 31.8. The van der Waals surface area contributed by atoms with Crippen LogP contribution in [-0.4, -0.2) is 33.2 Å². The van der Waals surface area contributed by atoms with Gasteiger partial charge in [0.2, 0.25) is 0 Å². The lowest BCUT2D eigenvalue weighted by atomic mass is 10.1. The van der Waals surface area contributed by atoms with Gasteiger partial charge in [0.05, 0.1) is 16.7 Å². The van der Waals surface area contributed by atoms with Crippen molar-refractivity contribution in [2.24, 2.45) is 0 Å². The predicted octanol–water partition coefficient (Wildman–Crippen LogP) is 0.835. The molecule has 90 valence electrons. The zero-order chi connectivity index (χ0) is 13.6. The van der Waals surface area contributed by atoms with Crippen molar-refractivity contribution in [2.45, 2.75) is 0 Å². The van der Waals surface area contributed by atoms with Crippen molar-refractivity contribution in [3.05, 3.63) is 48.1 Å². The van der Waals surface area contributed by atoms with E-state index >= 15 is 0 Å². The molecule has 0 saturated heterocycles. The van der Waals surface area contributed by atoms with E-state index in [1.807, 2.05) is 0 Å². The van der Waals surface area contributed by atoms with Gasteiger partial charge in [0.25, 0.3) is 0 Å². The van der Waals surface area contributed by atoms with Gasteiger partial charge in [0.15, 0.2) is 0 Å². The van der Waals surface area contributed by atoms with E-state index in [9.17, 15) is 14.4 Å². The maximum Gasteiger partial charge on any atom is 0.335 e. The molecule has 6 heteroatoms. The van der Waals surface area contributed by atoms with Crippen LogP contribution in [0.15, 0.2) is 48.1 Å². The molecule has 0 fully saturated rings. The first-order valence-corrected chi connectivity index (χ1v) is 4.24. The highest BCUT2D eigenvalue weighted by molar-refractivity contribution is 5.99. The highest BCUT2D eigenvalue weighted by Gasteiger charge is 2.11. The first-order valence-electron chi connectivity index (χ1n) is 4.24. The van der Waals surface area contributed by atoms with E-state index in [0.29, 0.717) is 0 Å². The first-order chi connectivity index (χ1) is 7.79. The Kier molecular flexibility index (Phi) is 5.12. The largest absolute Gasteiger partial charge is 0.478 e. The molecule has 0 spiro atoms. The van der Waals surface area contributed by atoms with Crippen LogP contribution in [0, 0.1) is 0 Å². The maximum absolute atomic E-state index is 10.8. The fourth-order valence-corrected chi connectivity index (χ4v) is 0.790. The fraction of sp³-hybridized carbons (Fsp3) is 0. The summed E-state index contributed by atoms with van der Waals surface area (Å²) in [5, 5.41) is 25.9. The number of hydrogen-bond donors (Lipinski definition) is 3. The molecule has 0 atom stereocenters. The standard InChI is InChI=1S/C11H10O6/c1-3-7(10(14)15)5-8(11(16)17)4-6(2)9(12)13/h3-5H,1-2H2,(H,12,13)(H,14,15)(H,16,17)/b7-5+,8-4+. The third-order valence-electron chi connectivity index (χ3n) is 1.63. The average Bonchev–Trinajstić information content (AvgIpc) is 2.22. The third-order valence-corrected chi connectivity index (χ3v) is 1.63. The molecule has 0 aromatic heterocycles. The van der Waals surface area contributed by atoms with E-state index in [0.717, 1.165) is 18.2 Å². The number of carbonyl (C=O) groups is 3. The van der Waals surface area contributed by atoms with Crippen LogP contribution in [0.25, 0.3) is 0 Å². The Bertz CT molecular complexity index is 453. The lowest BCUT2D eigenvalue weighted by molar-refractivity contribution is -0.133. The lowest BCUT2D eigenvalue weighted by Crippen LogP contribution is -2.05. The number of carboxylic acid groups (broad SMARTS) is 3. The SMILES string of the molecule is C=C/C(=C\C(=C/C(=C)C(=O)O)C(=O)O)C(=O)O. The summed E-state index contributed by atoms with van der Waals surface area (Å²) >= 11 is 0. The molecule has 0 radical (unpaired) electrons. The average molecular weight is 238 g/mol. The molecule has 17 heavy (non-hydrogen) atoms. The molecule has 0 aliphatic carbocycles. The van der Waals surface area contributed by atoms with Gasteiger partial charge >= 0.3 is 17.9 Å². The summed E-state index contributed by atoms with van der Waals surface area (Å²) < 4.78 is 0. The summed E-state index contributed by atoms with van der Waals surface area (Å²) in [5.41, 5.74) is -1.33. The molecular formula is C11H10O6. The Morgan fingerprint density at radius 3 is 1.59 bits per heavy atom. The highest BCUT2D eigenvalue weighted by atomic mass is 16.4. The molecule has 0 rings (SSSR count). The van der Waals surface area contributed by atoms with Crippen LogP contribution in [0.1, 0.15) is 0 Å². The Morgan fingerprint density at radius 1 is 0.824 bits per heavy atom. The smallest absolute Gasteiger partial charge is 0.335 e. The van der Waals surface area contributed by atoms with E-state index in [2.05, 4.69) is 13.2 Å². The van der Waals surface area contributed by atoms with Crippen molar-refractivity contribution >= 4 is 17.9 Å². The van der Waals surface area contributed by atoms with Crippen LogP contribution in [0.3, 0.4) is 0 Å². The Hall–Kier alpha value is -2.63. The molecule has 0 heterocycles. The van der Waals surface area contributed by atoms with Gasteiger partial charge in [-0.05, 0) is 12.2 Å². The molecule has 0 aromatic rings. The molecule has 6 nitrogen and oxygen atoms in total. The van der Waals surface area contributed by atoms with Gasteiger partial charge in [-0.3, -0.25) is 0 Å². The van der Waals surface area contributed by atoms with Crippen molar-refractivity contribution < 1.29 is 29.7 Å².